The smallest absolute Gasteiger partial charge is 0.264 e. The summed E-state index contributed by atoms with van der Waals surface area (Å²) in [6.45, 7) is 5.02. The molecule has 1 saturated heterocycles. The Morgan fingerprint density at radius 2 is 1.84 bits per heavy atom. The third-order valence-corrected chi connectivity index (χ3v) is 7.57. The molecule has 3 aromatic heterocycles. The van der Waals surface area contributed by atoms with E-state index in [2.05, 4.69) is 10.00 Å². The summed E-state index contributed by atoms with van der Waals surface area (Å²) in [7, 11) is 3.54. The number of aryl methyl sites for hydroxylation is 4. The quantitative estimate of drug-likeness (QED) is 0.395. The van der Waals surface area contributed by atoms with Gasteiger partial charge in [0.05, 0.1) is 24.9 Å². The molecule has 5 heterocycles. The highest BCUT2D eigenvalue weighted by Gasteiger charge is 2.27. The van der Waals surface area contributed by atoms with Crippen LogP contribution in [0, 0.1) is 6.92 Å². The van der Waals surface area contributed by atoms with Gasteiger partial charge in [0.15, 0.2) is 0 Å². The van der Waals surface area contributed by atoms with Crippen molar-refractivity contribution >= 4 is 28.2 Å². The van der Waals surface area contributed by atoms with Crippen molar-refractivity contribution in [1.29, 1.82) is 0 Å². The maximum Gasteiger partial charge on any atom is 0.264 e. The van der Waals surface area contributed by atoms with E-state index in [1.165, 1.54) is 0 Å². The second-order valence-corrected chi connectivity index (χ2v) is 10.1. The molecule has 0 unspecified atom stereocenters. The minimum atomic E-state index is -2.64. The van der Waals surface area contributed by atoms with Crippen molar-refractivity contribution < 1.29 is 13.5 Å². The van der Waals surface area contributed by atoms with Gasteiger partial charge in [-0.1, -0.05) is 0 Å². The summed E-state index contributed by atoms with van der Waals surface area (Å²) < 4.78 is 37.5. The van der Waals surface area contributed by atoms with Gasteiger partial charge in [-0.15, -0.1) is 0 Å². The molecule has 0 radical (unpaired) electrons. The molecule has 0 saturated carbocycles. The van der Waals surface area contributed by atoms with Crippen molar-refractivity contribution in [3.05, 3.63) is 63.7 Å². The van der Waals surface area contributed by atoms with E-state index in [-0.39, 0.29) is 11.1 Å². The molecule has 10 heteroatoms. The van der Waals surface area contributed by atoms with Gasteiger partial charge in [0.1, 0.15) is 11.6 Å². The highest BCUT2D eigenvalue weighted by molar-refractivity contribution is 5.93. The number of halogens is 2. The molecule has 0 N–H and O–H groups in total. The van der Waals surface area contributed by atoms with Crippen LogP contribution in [0.3, 0.4) is 0 Å². The molecule has 6 rings (SSSR count). The fraction of sp³-hybridized carbons (Fsp3) is 0.393. The Bertz CT molecular complexity index is 1590. The van der Waals surface area contributed by atoms with E-state index in [0.29, 0.717) is 55.4 Å². The molecule has 0 bridgehead atoms. The molecule has 0 aliphatic carbocycles. The Balaban J connectivity index is 1.54. The lowest BCUT2D eigenvalue weighted by molar-refractivity contribution is 0.122. The fourth-order valence-corrected chi connectivity index (χ4v) is 5.62. The Morgan fingerprint density at radius 1 is 1.05 bits per heavy atom. The Labute approximate surface area is 219 Å². The van der Waals surface area contributed by atoms with Crippen molar-refractivity contribution in [1.82, 2.24) is 19.3 Å². The maximum atomic E-state index is 14.4. The van der Waals surface area contributed by atoms with Crippen molar-refractivity contribution in [2.24, 2.45) is 14.1 Å². The molecule has 198 valence electrons. The number of rotatable bonds is 4. The van der Waals surface area contributed by atoms with Crippen LogP contribution < -0.4 is 15.4 Å². The lowest BCUT2D eigenvalue weighted by atomic mass is 9.93. The highest BCUT2D eigenvalue weighted by atomic mass is 19.3. The summed E-state index contributed by atoms with van der Waals surface area (Å²) in [5, 5.41) is 5.08. The van der Waals surface area contributed by atoms with Gasteiger partial charge < -0.3 is 19.1 Å². The van der Waals surface area contributed by atoms with E-state index in [1.54, 1.807) is 41.8 Å². The predicted octanol–water partition coefficient (Wildman–Crippen LogP) is 4.50. The van der Waals surface area contributed by atoms with Gasteiger partial charge in [0.2, 0.25) is 0 Å². The first-order chi connectivity index (χ1) is 18.3. The summed E-state index contributed by atoms with van der Waals surface area (Å²) in [5.41, 5.74) is 4.22. The number of ether oxygens (including phenoxy) is 1. The highest BCUT2D eigenvalue weighted by Crippen LogP contribution is 2.42. The van der Waals surface area contributed by atoms with Crippen molar-refractivity contribution in [3.63, 3.8) is 0 Å². The van der Waals surface area contributed by atoms with Crippen LogP contribution >= 0.6 is 0 Å². The van der Waals surface area contributed by atoms with E-state index in [0.717, 1.165) is 40.8 Å². The van der Waals surface area contributed by atoms with E-state index < -0.39 is 6.43 Å². The van der Waals surface area contributed by atoms with Crippen LogP contribution in [-0.2, 0) is 25.3 Å². The van der Waals surface area contributed by atoms with Gasteiger partial charge in [-0.25, -0.2) is 13.8 Å². The minimum Gasteiger partial charge on any atom is -0.378 e. The number of nitrogens with zero attached hydrogens (tertiary/aromatic N) is 6. The third kappa shape index (κ3) is 4.13. The zero-order valence-electron chi connectivity index (χ0n) is 21.7. The molecular weight excluding hydrogens is 490 g/mol. The van der Waals surface area contributed by atoms with E-state index in [9.17, 15) is 13.6 Å². The van der Waals surface area contributed by atoms with Crippen LogP contribution in [0.2, 0.25) is 0 Å². The SMILES string of the molecule is Cc1cc2c(N3CCOCC3)nc(N3CCCc4cc(-c5cnn(C)c5)c(C(F)F)cc43)cc2n(C)c1=O. The monoisotopic (exact) mass is 520 g/mol. The normalized spacial score (nSPS) is 15.9. The standard InChI is InChI=1S/C28H30F2N6O2/c1-17-11-22-24(34(3)28(17)37)14-25(32-27(22)35-7-9-38-10-8-35)36-6-4-5-18-12-20(19-15-31-33(2)16-19)21(26(29)30)13-23(18)36/h11-16,26H,4-10H2,1-3H3. The van der Waals surface area contributed by atoms with E-state index >= 15 is 0 Å². The molecule has 1 aromatic carbocycles. The Kier molecular flexibility index (Phi) is 6.14. The molecule has 2 aliphatic heterocycles. The number of benzene rings is 1. The van der Waals surface area contributed by atoms with Crippen LogP contribution in [0.4, 0.5) is 26.1 Å². The topological polar surface area (TPSA) is 68.4 Å². The molecule has 0 amide bonds. The largest absolute Gasteiger partial charge is 0.378 e. The molecule has 0 atom stereocenters. The molecule has 2 aliphatic rings. The summed E-state index contributed by atoms with van der Waals surface area (Å²) in [5.74, 6) is 1.43. The molecule has 38 heavy (non-hydrogen) atoms. The van der Waals surface area contributed by atoms with Crippen molar-refractivity contribution in [2.75, 3.05) is 42.6 Å². The summed E-state index contributed by atoms with van der Waals surface area (Å²) >= 11 is 0. The number of hydrogen-bond donors (Lipinski definition) is 0. The fourth-order valence-electron chi connectivity index (χ4n) is 5.62. The second kappa shape index (κ2) is 9.50. The van der Waals surface area contributed by atoms with Gasteiger partial charge >= 0.3 is 0 Å². The van der Waals surface area contributed by atoms with Crippen molar-refractivity contribution in [2.45, 2.75) is 26.2 Å². The summed E-state index contributed by atoms with van der Waals surface area (Å²) in [6, 6.07) is 7.30. The lowest BCUT2D eigenvalue weighted by Gasteiger charge is -2.34. The number of anilines is 3. The van der Waals surface area contributed by atoms with Crippen molar-refractivity contribution in [3.8, 4) is 11.1 Å². The lowest BCUT2D eigenvalue weighted by Crippen LogP contribution is -2.37. The van der Waals surface area contributed by atoms with Crippen LogP contribution in [0.25, 0.3) is 22.0 Å². The number of morpholine rings is 1. The Hall–Kier alpha value is -3.79. The van der Waals surface area contributed by atoms with Crippen LogP contribution in [0.15, 0.2) is 41.5 Å². The van der Waals surface area contributed by atoms with Gasteiger partial charge in [0.25, 0.3) is 12.0 Å². The van der Waals surface area contributed by atoms with Gasteiger partial charge in [-0.05, 0) is 49.1 Å². The third-order valence-electron chi connectivity index (χ3n) is 7.57. The summed E-state index contributed by atoms with van der Waals surface area (Å²) in [4.78, 5) is 22.2. The zero-order chi connectivity index (χ0) is 26.6. The molecule has 0 spiro atoms. The molecular formula is C28H30F2N6O2. The van der Waals surface area contributed by atoms with Gasteiger partial charge in [-0.3, -0.25) is 9.48 Å². The minimum absolute atomic E-state index is 0.0270. The molecule has 8 nitrogen and oxygen atoms in total. The van der Waals surface area contributed by atoms with Crippen LogP contribution in [0.5, 0.6) is 0 Å². The van der Waals surface area contributed by atoms with Crippen LogP contribution in [0.1, 0.15) is 29.5 Å². The predicted molar refractivity (Wildman–Crippen MR) is 144 cm³/mol. The average Bonchev–Trinajstić information content (AvgIpc) is 3.37. The zero-order valence-corrected chi connectivity index (χ0v) is 21.7. The van der Waals surface area contributed by atoms with Gasteiger partial charge in [-0.2, -0.15) is 5.10 Å². The Morgan fingerprint density at radius 3 is 2.55 bits per heavy atom. The number of aromatic nitrogens is 4. The number of hydrogen-bond acceptors (Lipinski definition) is 6. The second-order valence-electron chi connectivity index (χ2n) is 10.1. The average molecular weight is 521 g/mol. The molecule has 1 fully saturated rings. The molecule has 4 aromatic rings. The number of alkyl halides is 2. The summed E-state index contributed by atoms with van der Waals surface area (Å²) in [6.07, 6.45) is 2.38. The van der Waals surface area contributed by atoms with E-state index in [1.807, 2.05) is 30.0 Å². The first-order valence-electron chi connectivity index (χ1n) is 12.9. The first-order valence-corrected chi connectivity index (χ1v) is 12.9. The van der Waals surface area contributed by atoms with E-state index in [4.69, 9.17) is 9.72 Å². The number of fused-ring (bicyclic) bond motifs is 2. The first kappa shape index (κ1) is 24.5. The van der Waals surface area contributed by atoms with Gasteiger partial charge in [0, 0.05) is 73.8 Å². The maximum absolute atomic E-state index is 14.4. The number of pyridine rings is 2. The van der Waals surface area contributed by atoms with Crippen LogP contribution in [-0.4, -0.2) is 52.2 Å².